The number of hydrogen-bond donors (Lipinski definition) is 0. The second-order valence-electron chi connectivity index (χ2n) is 7.41. The SMILES string of the molecule is CC(C)[C@@H]1CC[C@@H](C(C)C)[P+]2([S-])C=CC=C2C2=CC=C[P+]21[S-]. The molecule has 0 aromatic rings. The molecule has 22 heavy (non-hydrogen) atoms. The van der Waals surface area contributed by atoms with Gasteiger partial charge in [-0.2, -0.15) is 0 Å². The van der Waals surface area contributed by atoms with Crippen LogP contribution in [0.25, 0.3) is 0 Å². The van der Waals surface area contributed by atoms with Crippen molar-refractivity contribution in [1.82, 2.24) is 0 Å². The van der Waals surface area contributed by atoms with Crippen LogP contribution in [0.2, 0.25) is 0 Å². The third kappa shape index (κ3) is 2.54. The summed E-state index contributed by atoms with van der Waals surface area (Å²) in [6.07, 6.45) is 11.6. The van der Waals surface area contributed by atoms with Crippen molar-refractivity contribution in [2.75, 3.05) is 0 Å². The summed E-state index contributed by atoms with van der Waals surface area (Å²) in [7, 11) is 0. The fourth-order valence-electron chi connectivity index (χ4n) is 4.30. The molecule has 3 rings (SSSR count). The molecule has 2 unspecified atom stereocenters. The van der Waals surface area contributed by atoms with Crippen LogP contribution in [-0.4, -0.2) is 11.3 Å². The Morgan fingerprint density at radius 2 is 1.18 bits per heavy atom. The minimum atomic E-state index is -1.61. The van der Waals surface area contributed by atoms with E-state index in [1.165, 1.54) is 23.5 Å². The zero-order valence-corrected chi connectivity index (χ0v) is 17.3. The summed E-state index contributed by atoms with van der Waals surface area (Å²) in [5.41, 5.74) is 1.28. The van der Waals surface area contributed by atoms with Crippen LogP contribution in [0.3, 0.4) is 0 Å². The van der Waals surface area contributed by atoms with Crippen molar-refractivity contribution >= 4 is 37.4 Å². The molecule has 0 radical (unpaired) electrons. The van der Waals surface area contributed by atoms with Crippen molar-refractivity contribution in [3.05, 3.63) is 46.6 Å². The molecule has 0 aromatic carbocycles. The summed E-state index contributed by atoms with van der Waals surface area (Å²) in [5, 5.41) is 2.92. The topological polar surface area (TPSA) is 0 Å². The second kappa shape index (κ2) is 6.11. The molecule has 3 aliphatic heterocycles. The first-order valence-corrected chi connectivity index (χ1v) is 14.2. The molecule has 1 fully saturated rings. The van der Waals surface area contributed by atoms with Gasteiger partial charge in [0.25, 0.3) is 0 Å². The standard InChI is InChI=1S/C18H26P2S2/c1-13(2)15-9-10-16(14(3)4)20(22)12-6-8-18(20)17-7-5-11-19(15,17)21/h5-8,11-16H,9-10H2,1-4H3/t15-,16-,19?,20?/m0/s1. The van der Waals surface area contributed by atoms with E-state index in [2.05, 4.69) is 63.6 Å². The second-order valence-corrected chi connectivity index (χ2v) is 16.8. The molecule has 0 saturated carbocycles. The molecule has 0 N–H and O–H groups in total. The zero-order chi connectivity index (χ0) is 16.1. The lowest BCUT2D eigenvalue weighted by Crippen LogP contribution is -2.28. The average molecular weight is 368 g/mol. The summed E-state index contributed by atoms with van der Waals surface area (Å²) in [5.74, 6) is 6.04. The highest BCUT2D eigenvalue weighted by atomic mass is 32.7. The lowest BCUT2D eigenvalue weighted by atomic mass is 10.00. The molecule has 0 aliphatic carbocycles. The highest BCUT2D eigenvalue weighted by Crippen LogP contribution is 2.86. The van der Waals surface area contributed by atoms with Crippen molar-refractivity contribution in [1.29, 1.82) is 0 Å². The first-order chi connectivity index (χ1) is 10.3. The van der Waals surface area contributed by atoms with Crippen LogP contribution in [0.4, 0.5) is 0 Å². The molecule has 4 atom stereocenters. The van der Waals surface area contributed by atoms with E-state index in [9.17, 15) is 0 Å². The molecule has 0 amide bonds. The van der Waals surface area contributed by atoms with Gasteiger partial charge in [0.2, 0.25) is 0 Å². The van der Waals surface area contributed by atoms with Gasteiger partial charge in [-0.25, -0.2) is 0 Å². The highest BCUT2D eigenvalue weighted by Gasteiger charge is 2.52. The van der Waals surface area contributed by atoms with E-state index in [4.69, 9.17) is 24.5 Å². The molecule has 0 spiro atoms. The van der Waals surface area contributed by atoms with E-state index in [0.717, 1.165) is 0 Å². The van der Waals surface area contributed by atoms with Gasteiger partial charge in [-0.05, 0) is 61.9 Å². The molecule has 3 heterocycles. The summed E-state index contributed by atoms with van der Waals surface area (Å²) >= 11 is 12.6. The zero-order valence-electron chi connectivity index (χ0n) is 13.9. The lowest BCUT2D eigenvalue weighted by Gasteiger charge is -2.48. The smallest absolute Gasteiger partial charge is 0.118 e. The predicted octanol–water partition coefficient (Wildman–Crippen LogP) is 6.61. The van der Waals surface area contributed by atoms with E-state index in [-0.39, 0.29) is 0 Å². The average Bonchev–Trinajstić information content (AvgIpc) is 2.96. The van der Waals surface area contributed by atoms with Gasteiger partial charge in [0, 0.05) is 11.6 Å². The first kappa shape index (κ1) is 17.3. The minimum absolute atomic E-state index is 0.638. The fraction of sp³-hybridized carbons (Fsp3) is 0.556. The van der Waals surface area contributed by atoms with Crippen molar-refractivity contribution in [3.63, 3.8) is 0 Å². The number of hydrogen-bond acceptors (Lipinski definition) is 2. The number of rotatable bonds is 2. The van der Waals surface area contributed by atoms with Gasteiger partial charge in [0.1, 0.15) is 10.6 Å². The molecular formula is C18H26P2S2. The number of allylic oxidation sites excluding steroid dienone is 6. The molecule has 0 aromatic heterocycles. The number of fused-ring (bicyclic) bond motifs is 3. The summed E-state index contributed by atoms with van der Waals surface area (Å²) in [6.45, 7) is 6.18. The Morgan fingerprint density at radius 1 is 0.818 bits per heavy atom. The monoisotopic (exact) mass is 368 g/mol. The van der Waals surface area contributed by atoms with Crippen LogP contribution in [0.5, 0.6) is 0 Å². The van der Waals surface area contributed by atoms with Crippen molar-refractivity contribution in [2.24, 2.45) is 11.8 Å². The molecule has 3 aliphatic rings. The molecule has 1 saturated heterocycles. The lowest BCUT2D eigenvalue weighted by molar-refractivity contribution is 0.495. The maximum absolute atomic E-state index is 6.32. The van der Waals surface area contributed by atoms with E-state index in [0.29, 0.717) is 23.2 Å². The molecule has 0 nitrogen and oxygen atoms in total. The van der Waals surface area contributed by atoms with Gasteiger partial charge in [0.05, 0.1) is 11.3 Å². The molecule has 4 heteroatoms. The van der Waals surface area contributed by atoms with E-state index >= 15 is 0 Å². The Bertz CT molecular complexity index is 536. The molecule has 120 valence electrons. The van der Waals surface area contributed by atoms with Crippen molar-refractivity contribution in [3.8, 4) is 0 Å². The summed E-state index contributed by atoms with van der Waals surface area (Å²) in [6, 6.07) is 0. The maximum atomic E-state index is 6.32. The van der Waals surface area contributed by atoms with Crippen LogP contribution < -0.4 is 0 Å². The highest BCUT2D eigenvalue weighted by molar-refractivity contribution is 8.48. The van der Waals surface area contributed by atoms with Crippen LogP contribution >= 0.6 is 12.9 Å². The summed E-state index contributed by atoms with van der Waals surface area (Å²) in [4.78, 5) is 0. The fourth-order valence-corrected chi connectivity index (χ4v) is 15.7. The predicted molar refractivity (Wildman–Crippen MR) is 110 cm³/mol. The Morgan fingerprint density at radius 3 is 1.50 bits per heavy atom. The Labute approximate surface area is 147 Å². The largest absolute Gasteiger partial charge is 0.546 e. The van der Waals surface area contributed by atoms with E-state index < -0.39 is 12.9 Å². The van der Waals surface area contributed by atoms with Gasteiger partial charge < -0.3 is 24.5 Å². The van der Waals surface area contributed by atoms with Crippen LogP contribution in [0.15, 0.2) is 46.6 Å². The first-order valence-electron chi connectivity index (χ1n) is 8.30. The Balaban J connectivity index is 2.11. The van der Waals surface area contributed by atoms with Crippen LogP contribution in [0, 0.1) is 11.8 Å². The molecule has 0 bridgehead atoms. The van der Waals surface area contributed by atoms with Crippen molar-refractivity contribution < 1.29 is 0 Å². The van der Waals surface area contributed by atoms with Crippen LogP contribution in [-0.2, 0) is 24.5 Å². The Kier molecular flexibility index (Phi) is 4.82. The Hall–Kier alpha value is 0.520. The normalized spacial score (nSPS) is 40.4. The third-order valence-electron chi connectivity index (χ3n) is 5.42. The maximum Gasteiger partial charge on any atom is 0.118 e. The van der Waals surface area contributed by atoms with Gasteiger partial charge in [-0.3, -0.25) is 0 Å². The quantitative estimate of drug-likeness (QED) is 0.397. The third-order valence-corrected chi connectivity index (χ3v) is 16.3. The van der Waals surface area contributed by atoms with E-state index in [1.807, 2.05) is 0 Å². The summed E-state index contributed by atoms with van der Waals surface area (Å²) < 4.78 is 0. The van der Waals surface area contributed by atoms with Gasteiger partial charge in [0.15, 0.2) is 0 Å². The van der Waals surface area contributed by atoms with Gasteiger partial charge >= 0.3 is 0 Å². The molecular weight excluding hydrogens is 342 g/mol. The minimum Gasteiger partial charge on any atom is -0.546 e. The van der Waals surface area contributed by atoms with E-state index in [1.54, 1.807) is 0 Å². The van der Waals surface area contributed by atoms with Crippen LogP contribution in [0.1, 0.15) is 40.5 Å². The van der Waals surface area contributed by atoms with Crippen molar-refractivity contribution in [2.45, 2.75) is 51.9 Å². The van der Waals surface area contributed by atoms with Gasteiger partial charge in [-0.1, -0.05) is 27.7 Å². The van der Waals surface area contributed by atoms with Gasteiger partial charge in [-0.15, -0.1) is 0 Å².